The topological polar surface area (TPSA) is 62.1 Å². The Morgan fingerprint density at radius 1 is 1.12 bits per heavy atom. The number of hydrogen-bond acceptors (Lipinski definition) is 4. The lowest BCUT2D eigenvalue weighted by atomic mass is 9.91. The summed E-state index contributed by atoms with van der Waals surface area (Å²) in [5.41, 5.74) is 1.33. The Bertz CT molecular complexity index is 863. The Balaban J connectivity index is 1.42. The molecule has 0 aromatic heterocycles. The minimum atomic E-state index is -3.46. The fraction of sp³-hybridized carbons (Fsp3) is 0.444. The molecular formula is C18H21N3O2S2. The van der Waals surface area contributed by atoms with Crippen molar-refractivity contribution in [2.24, 2.45) is 14.6 Å². The van der Waals surface area contributed by atoms with Gasteiger partial charge in [0, 0.05) is 13.1 Å². The summed E-state index contributed by atoms with van der Waals surface area (Å²) in [6.07, 6.45) is 8.23. The summed E-state index contributed by atoms with van der Waals surface area (Å²) < 4.78 is 36.3. The number of rotatable bonds is 4. The molecule has 2 aliphatic heterocycles. The maximum Gasteiger partial charge on any atom is 0.241 e. The molecule has 0 saturated carbocycles. The van der Waals surface area contributed by atoms with Crippen molar-refractivity contribution in [2.75, 3.05) is 13.1 Å². The predicted octanol–water partition coefficient (Wildman–Crippen LogP) is 2.93. The zero-order valence-corrected chi connectivity index (χ0v) is 15.5. The van der Waals surface area contributed by atoms with Gasteiger partial charge in [-0.2, -0.15) is 4.31 Å². The van der Waals surface area contributed by atoms with Gasteiger partial charge in [0.2, 0.25) is 10.0 Å². The van der Waals surface area contributed by atoms with Crippen molar-refractivity contribution >= 4 is 21.4 Å². The van der Waals surface area contributed by atoms with Crippen LogP contribution in [0.25, 0.3) is 0 Å². The van der Waals surface area contributed by atoms with E-state index in [4.69, 9.17) is 0 Å². The second kappa shape index (κ2) is 6.97. The average Bonchev–Trinajstić information content (AvgIpc) is 3.11. The molecule has 0 bridgehead atoms. The highest BCUT2D eigenvalue weighted by atomic mass is 32.2. The summed E-state index contributed by atoms with van der Waals surface area (Å²) in [7, 11) is -3.46. The maximum atomic E-state index is 13.1. The van der Waals surface area contributed by atoms with Gasteiger partial charge in [0.05, 0.1) is 16.3 Å². The Morgan fingerprint density at radius 3 is 2.64 bits per heavy atom. The van der Waals surface area contributed by atoms with Gasteiger partial charge in [-0.25, -0.2) is 17.1 Å². The minimum Gasteiger partial charge on any atom is -0.207 e. The fourth-order valence-electron chi connectivity index (χ4n) is 3.66. The molecule has 0 amide bonds. The van der Waals surface area contributed by atoms with Gasteiger partial charge in [-0.05, 0) is 36.8 Å². The standard InChI is InChI=1S/C18H21N3O2S2/c22-25(23,17-8-4-7-16-18(17)20-24-19-16)21-11-9-15(10-12-21)13-14-5-2-1-3-6-14/h1-8,15-16,18H,9-13H2/t16-,18-/m0/s1. The second-order valence-corrected chi connectivity index (χ2v) is 9.24. The van der Waals surface area contributed by atoms with Crippen LogP contribution in [-0.2, 0) is 27.8 Å². The highest BCUT2D eigenvalue weighted by Gasteiger charge is 2.39. The number of benzene rings is 1. The molecule has 1 saturated heterocycles. The van der Waals surface area contributed by atoms with E-state index in [1.807, 2.05) is 12.1 Å². The van der Waals surface area contributed by atoms with Crippen LogP contribution in [0.3, 0.4) is 0 Å². The van der Waals surface area contributed by atoms with E-state index in [1.165, 1.54) is 5.56 Å². The molecule has 25 heavy (non-hydrogen) atoms. The summed E-state index contributed by atoms with van der Waals surface area (Å²) >= 11 is 1.12. The van der Waals surface area contributed by atoms with Crippen molar-refractivity contribution in [3.05, 3.63) is 59.0 Å². The molecule has 1 fully saturated rings. The third kappa shape index (κ3) is 3.41. The van der Waals surface area contributed by atoms with Gasteiger partial charge in [0.25, 0.3) is 0 Å². The zero-order chi connectivity index (χ0) is 17.3. The van der Waals surface area contributed by atoms with Crippen LogP contribution in [0.4, 0.5) is 0 Å². The van der Waals surface area contributed by atoms with Crippen molar-refractivity contribution in [3.63, 3.8) is 0 Å². The van der Waals surface area contributed by atoms with E-state index in [9.17, 15) is 8.42 Å². The maximum absolute atomic E-state index is 13.1. The van der Waals surface area contributed by atoms with Crippen LogP contribution in [0.15, 0.2) is 62.2 Å². The normalized spacial score (nSPS) is 27.0. The van der Waals surface area contributed by atoms with Gasteiger partial charge in [0.15, 0.2) is 0 Å². The lowest BCUT2D eigenvalue weighted by molar-refractivity contribution is 0.274. The Morgan fingerprint density at radius 2 is 1.88 bits per heavy atom. The van der Waals surface area contributed by atoms with Gasteiger partial charge in [-0.1, -0.05) is 42.5 Å². The first kappa shape index (κ1) is 16.9. The van der Waals surface area contributed by atoms with E-state index in [0.717, 1.165) is 30.6 Å². The van der Waals surface area contributed by atoms with E-state index >= 15 is 0 Å². The second-order valence-electron chi connectivity index (χ2n) is 6.72. The molecule has 132 valence electrons. The lowest BCUT2D eigenvalue weighted by Crippen LogP contribution is -2.42. The molecular weight excluding hydrogens is 354 g/mol. The molecule has 1 aromatic carbocycles. The predicted molar refractivity (Wildman–Crippen MR) is 100 cm³/mol. The van der Waals surface area contributed by atoms with Crippen LogP contribution in [-0.4, -0.2) is 37.9 Å². The molecule has 0 spiro atoms. The molecule has 3 aliphatic rings. The summed E-state index contributed by atoms with van der Waals surface area (Å²) in [4.78, 5) is 0.398. The third-order valence-electron chi connectivity index (χ3n) is 5.09. The van der Waals surface area contributed by atoms with Gasteiger partial charge in [-0.3, -0.25) is 0 Å². The average molecular weight is 376 g/mol. The monoisotopic (exact) mass is 375 g/mol. The Hall–Kier alpha value is -1.57. The summed E-state index contributed by atoms with van der Waals surface area (Å²) in [5.74, 6) is 0.545. The van der Waals surface area contributed by atoms with Gasteiger partial charge < -0.3 is 0 Å². The van der Waals surface area contributed by atoms with Crippen molar-refractivity contribution in [1.82, 2.24) is 4.31 Å². The van der Waals surface area contributed by atoms with E-state index in [0.29, 0.717) is 23.9 Å². The van der Waals surface area contributed by atoms with E-state index in [1.54, 1.807) is 16.5 Å². The number of nitrogens with zero attached hydrogens (tertiary/aromatic N) is 3. The first-order valence-electron chi connectivity index (χ1n) is 8.63. The summed E-state index contributed by atoms with van der Waals surface area (Å²) in [6, 6.07) is 9.93. The highest BCUT2D eigenvalue weighted by Crippen LogP contribution is 2.31. The third-order valence-corrected chi connectivity index (χ3v) is 7.77. The van der Waals surface area contributed by atoms with E-state index in [2.05, 4.69) is 33.0 Å². The van der Waals surface area contributed by atoms with E-state index < -0.39 is 10.0 Å². The zero-order valence-electron chi connectivity index (χ0n) is 13.9. The molecule has 7 heteroatoms. The molecule has 1 aliphatic carbocycles. The first-order chi connectivity index (χ1) is 12.1. The van der Waals surface area contributed by atoms with E-state index in [-0.39, 0.29) is 12.1 Å². The molecule has 4 rings (SSSR count). The Kier molecular flexibility index (Phi) is 4.71. The molecule has 2 atom stereocenters. The van der Waals surface area contributed by atoms with Gasteiger partial charge in [0.1, 0.15) is 12.1 Å². The largest absolute Gasteiger partial charge is 0.241 e. The fourth-order valence-corrected chi connectivity index (χ4v) is 6.16. The smallest absolute Gasteiger partial charge is 0.207 e. The van der Waals surface area contributed by atoms with Crippen LogP contribution >= 0.6 is 0 Å². The number of sulfonamides is 1. The summed E-state index contributed by atoms with van der Waals surface area (Å²) in [6.45, 7) is 1.17. The van der Waals surface area contributed by atoms with Gasteiger partial charge in [-0.15, -0.1) is 0 Å². The molecule has 1 aromatic rings. The number of fused-ring (bicyclic) bond motifs is 1. The molecule has 0 N–H and O–H groups in total. The van der Waals surface area contributed by atoms with Crippen molar-refractivity contribution in [1.29, 1.82) is 0 Å². The van der Waals surface area contributed by atoms with Crippen LogP contribution in [0.5, 0.6) is 0 Å². The number of piperidine rings is 1. The van der Waals surface area contributed by atoms with Crippen LogP contribution < -0.4 is 0 Å². The SMILES string of the molecule is O=S(=O)(C1=CC=C[C@@H]2N=S=N[C@H]12)N1CCC(Cc2ccccc2)CC1. The van der Waals surface area contributed by atoms with Crippen molar-refractivity contribution < 1.29 is 8.42 Å². The lowest BCUT2D eigenvalue weighted by Gasteiger charge is -2.33. The highest BCUT2D eigenvalue weighted by molar-refractivity contribution is 7.93. The van der Waals surface area contributed by atoms with Crippen molar-refractivity contribution in [2.45, 2.75) is 31.3 Å². The quantitative estimate of drug-likeness (QED) is 0.812. The van der Waals surface area contributed by atoms with Crippen LogP contribution in [0.1, 0.15) is 18.4 Å². The number of hydrogen-bond donors (Lipinski definition) is 0. The number of allylic oxidation sites excluding steroid dienone is 2. The first-order valence-corrected chi connectivity index (χ1v) is 10.8. The van der Waals surface area contributed by atoms with Crippen LogP contribution in [0, 0.1) is 5.92 Å². The summed E-state index contributed by atoms with van der Waals surface area (Å²) in [5, 5.41) is 0. The van der Waals surface area contributed by atoms with Crippen molar-refractivity contribution in [3.8, 4) is 0 Å². The molecule has 0 radical (unpaired) electrons. The molecule has 5 nitrogen and oxygen atoms in total. The Labute approximate surface area is 152 Å². The van der Waals surface area contributed by atoms with Crippen LogP contribution in [0.2, 0.25) is 0 Å². The minimum absolute atomic E-state index is 0.143. The molecule has 2 heterocycles. The molecule has 0 unspecified atom stereocenters. The van der Waals surface area contributed by atoms with Gasteiger partial charge >= 0.3 is 0 Å².